The molecule has 0 bridgehead atoms. The van der Waals surface area contributed by atoms with Gasteiger partial charge in [-0.25, -0.2) is 8.42 Å². The number of hydrogen-bond donors (Lipinski definition) is 1. The third-order valence-electron chi connectivity index (χ3n) is 4.68. The highest BCUT2D eigenvalue weighted by molar-refractivity contribution is 7.89. The maximum absolute atomic E-state index is 12.8. The Morgan fingerprint density at radius 2 is 1.74 bits per heavy atom. The first-order valence-electron chi connectivity index (χ1n) is 10.5. The minimum atomic E-state index is -3.73. The van der Waals surface area contributed by atoms with E-state index in [1.807, 2.05) is 0 Å². The summed E-state index contributed by atoms with van der Waals surface area (Å²) in [4.78, 5) is 12.5. The van der Waals surface area contributed by atoms with Crippen LogP contribution in [0.1, 0.15) is 26.3 Å². The van der Waals surface area contributed by atoms with Gasteiger partial charge in [0, 0.05) is 19.2 Å². The van der Waals surface area contributed by atoms with Crippen LogP contribution in [0.3, 0.4) is 0 Å². The summed E-state index contributed by atoms with van der Waals surface area (Å²) < 4.78 is 67.0. The molecule has 0 saturated heterocycles. The molecule has 34 heavy (non-hydrogen) atoms. The van der Waals surface area contributed by atoms with E-state index in [1.165, 1.54) is 60.0 Å². The molecule has 0 atom stereocenters. The first-order valence-corrected chi connectivity index (χ1v) is 12.0. The molecule has 0 radical (unpaired) electrons. The molecule has 0 aliphatic heterocycles. The second-order valence-electron chi connectivity index (χ2n) is 6.79. The van der Waals surface area contributed by atoms with Gasteiger partial charge in [0.15, 0.2) is 11.5 Å². The second kappa shape index (κ2) is 12.3. The Balaban J connectivity index is 2.26. The highest BCUT2D eigenvalue weighted by Gasteiger charge is 2.23. The fourth-order valence-corrected chi connectivity index (χ4v) is 4.58. The number of amides is 1. The Morgan fingerprint density at radius 3 is 2.32 bits per heavy atom. The van der Waals surface area contributed by atoms with E-state index in [0.717, 1.165) is 0 Å². The lowest BCUT2D eigenvalue weighted by Crippen LogP contribution is -2.30. The predicted octanol–water partition coefficient (Wildman–Crippen LogP) is 4.38. The molecule has 1 N–H and O–H groups in total. The quantitative estimate of drug-likeness (QED) is 0.437. The molecule has 0 heterocycles. The number of carbonyl (C=O) groups is 1. The highest BCUT2D eigenvalue weighted by atomic mass is 32.2. The Labute approximate surface area is 198 Å². The number of nitrogens with zero attached hydrogens (tertiary/aromatic N) is 1. The fraction of sp³-hybridized carbons (Fsp3) is 0.348. The minimum absolute atomic E-state index is 0.0206. The molecule has 2 aromatic carbocycles. The van der Waals surface area contributed by atoms with Crippen molar-refractivity contribution in [3.63, 3.8) is 0 Å². The summed E-state index contributed by atoms with van der Waals surface area (Å²) in [7, 11) is -2.33. The third kappa shape index (κ3) is 6.91. The molecule has 0 aliphatic rings. The van der Waals surface area contributed by atoms with Crippen LogP contribution in [0.5, 0.6) is 17.2 Å². The monoisotopic (exact) mass is 498 g/mol. The van der Waals surface area contributed by atoms with Crippen LogP contribution >= 0.6 is 0 Å². The van der Waals surface area contributed by atoms with Crippen LogP contribution in [-0.4, -0.2) is 52.0 Å². The van der Waals surface area contributed by atoms with Crippen LogP contribution in [0, 0.1) is 0 Å². The zero-order valence-corrected chi connectivity index (χ0v) is 20.2. The molecule has 0 saturated carbocycles. The standard InChI is InChI=1S/C23H28F2N2O6S/c1-5-27(6-2)34(29,30)17-10-12-19(31-4)18(15-17)26-22(28)13-9-16-8-11-20(33-23(24)25)21(14-16)32-7-3/h8-15,23H,5-7H2,1-4H3,(H,26,28)/b13-9+. The summed E-state index contributed by atoms with van der Waals surface area (Å²) in [6.07, 6.45) is 2.66. The number of methoxy groups -OCH3 is 1. The first kappa shape index (κ1) is 27.1. The topological polar surface area (TPSA) is 94.2 Å². The zero-order valence-electron chi connectivity index (χ0n) is 19.4. The van der Waals surface area contributed by atoms with Crippen molar-refractivity contribution in [1.29, 1.82) is 0 Å². The largest absolute Gasteiger partial charge is 0.495 e. The van der Waals surface area contributed by atoms with E-state index in [0.29, 0.717) is 18.7 Å². The second-order valence-corrected chi connectivity index (χ2v) is 8.73. The number of anilines is 1. The molecule has 186 valence electrons. The van der Waals surface area contributed by atoms with Gasteiger partial charge in [0.2, 0.25) is 15.9 Å². The van der Waals surface area contributed by atoms with Crippen molar-refractivity contribution in [2.45, 2.75) is 32.3 Å². The smallest absolute Gasteiger partial charge is 0.387 e. The van der Waals surface area contributed by atoms with Crippen LogP contribution in [0.15, 0.2) is 47.4 Å². The lowest BCUT2D eigenvalue weighted by Gasteiger charge is -2.19. The van der Waals surface area contributed by atoms with Gasteiger partial charge in [-0.2, -0.15) is 13.1 Å². The number of halogens is 2. The molecule has 0 aliphatic carbocycles. The molecule has 11 heteroatoms. The fourth-order valence-electron chi connectivity index (χ4n) is 3.09. The van der Waals surface area contributed by atoms with Gasteiger partial charge in [-0.15, -0.1) is 0 Å². The maximum Gasteiger partial charge on any atom is 0.387 e. The van der Waals surface area contributed by atoms with Crippen molar-refractivity contribution in [2.24, 2.45) is 0 Å². The van der Waals surface area contributed by atoms with Crippen LogP contribution < -0.4 is 19.5 Å². The zero-order chi connectivity index (χ0) is 25.3. The van der Waals surface area contributed by atoms with Crippen LogP contribution in [0.2, 0.25) is 0 Å². The van der Waals surface area contributed by atoms with Crippen LogP contribution in [0.4, 0.5) is 14.5 Å². The van der Waals surface area contributed by atoms with Gasteiger partial charge in [-0.1, -0.05) is 19.9 Å². The van der Waals surface area contributed by atoms with Crippen molar-refractivity contribution in [3.05, 3.63) is 48.0 Å². The van der Waals surface area contributed by atoms with E-state index in [4.69, 9.17) is 9.47 Å². The number of rotatable bonds is 12. The van der Waals surface area contributed by atoms with E-state index >= 15 is 0 Å². The molecule has 0 unspecified atom stereocenters. The number of sulfonamides is 1. The van der Waals surface area contributed by atoms with Gasteiger partial charge in [0.1, 0.15) is 5.75 Å². The van der Waals surface area contributed by atoms with Gasteiger partial charge in [0.25, 0.3) is 0 Å². The summed E-state index contributed by atoms with van der Waals surface area (Å²) >= 11 is 0. The van der Waals surface area contributed by atoms with Crippen LogP contribution in [-0.2, 0) is 14.8 Å². The SMILES string of the molecule is CCOc1cc(/C=C/C(=O)Nc2cc(S(=O)(=O)N(CC)CC)ccc2OC)ccc1OC(F)F. The van der Waals surface area contributed by atoms with Crippen molar-refractivity contribution in [1.82, 2.24) is 4.31 Å². The van der Waals surface area contributed by atoms with Crippen molar-refractivity contribution < 1.29 is 36.2 Å². The number of ether oxygens (including phenoxy) is 3. The molecule has 0 spiro atoms. The molecular weight excluding hydrogens is 470 g/mol. The lowest BCUT2D eigenvalue weighted by atomic mass is 10.2. The molecule has 2 rings (SSSR count). The molecule has 8 nitrogen and oxygen atoms in total. The lowest BCUT2D eigenvalue weighted by molar-refractivity contribution is -0.111. The number of carbonyl (C=O) groups excluding carboxylic acids is 1. The summed E-state index contributed by atoms with van der Waals surface area (Å²) in [6.45, 7) is 3.02. The number of hydrogen-bond acceptors (Lipinski definition) is 6. The van der Waals surface area contributed by atoms with Gasteiger partial charge < -0.3 is 19.5 Å². The van der Waals surface area contributed by atoms with Crippen molar-refractivity contribution in [2.75, 3.05) is 32.1 Å². The van der Waals surface area contributed by atoms with Gasteiger partial charge in [0.05, 0.1) is 24.3 Å². The Kier molecular flexibility index (Phi) is 9.82. The Bertz CT molecular complexity index is 1120. The molecule has 0 fully saturated rings. The normalized spacial score (nSPS) is 11.8. The summed E-state index contributed by atoms with van der Waals surface area (Å²) in [5, 5.41) is 2.61. The van der Waals surface area contributed by atoms with E-state index < -0.39 is 22.5 Å². The highest BCUT2D eigenvalue weighted by Crippen LogP contribution is 2.31. The Hall–Kier alpha value is -3.18. The van der Waals surface area contributed by atoms with E-state index in [-0.39, 0.29) is 34.4 Å². The van der Waals surface area contributed by atoms with Crippen molar-refractivity contribution in [3.8, 4) is 17.2 Å². The molecule has 2 aromatic rings. The van der Waals surface area contributed by atoms with Gasteiger partial charge >= 0.3 is 6.61 Å². The van der Waals surface area contributed by atoms with E-state index in [9.17, 15) is 22.0 Å². The van der Waals surface area contributed by atoms with E-state index in [2.05, 4.69) is 10.1 Å². The average Bonchev–Trinajstić information content (AvgIpc) is 2.79. The Morgan fingerprint density at radius 1 is 1.06 bits per heavy atom. The number of nitrogens with one attached hydrogen (secondary N) is 1. The molecule has 1 amide bonds. The van der Waals surface area contributed by atoms with Crippen molar-refractivity contribution >= 4 is 27.7 Å². The van der Waals surface area contributed by atoms with Gasteiger partial charge in [-0.3, -0.25) is 4.79 Å². The minimum Gasteiger partial charge on any atom is -0.495 e. The van der Waals surface area contributed by atoms with Gasteiger partial charge in [-0.05, 0) is 48.9 Å². The molecule has 0 aromatic heterocycles. The number of alkyl halides is 2. The summed E-state index contributed by atoms with van der Waals surface area (Å²) in [5.41, 5.74) is 0.686. The maximum atomic E-state index is 12.8. The third-order valence-corrected chi connectivity index (χ3v) is 6.73. The predicted molar refractivity (Wildman–Crippen MR) is 125 cm³/mol. The molecular formula is C23H28F2N2O6S. The first-order chi connectivity index (χ1) is 16.2. The summed E-state index contributed by atoms with van der Waals surface area (Å²) in [5.74, 6) is -0.273. The average molecular weight is 499 g/mol. The van der Waals surface area contributed by atoms with Crippen LogP contribution in [0.25, 0.3) is 6.08 Å². The number of benzene rings is 2. The summed E-state index contributed by atoms with van der Waals surface area (Å²) in [6, 6.07) is 8.48. The van der Waals surface area contributed by atoms with E-state index in [1.54, 1.807) is 20.8 Å².